The lowest BCUT2D eigenvalue weighted by Crippen LogP contribution is -2.44. The Balaban J connectivity index is 1.61. The highest BCUT2D eigenvalue weighted by Crippen LogP contribution is 2.21. The van der Waals surface area contributed by atoms with E-state index in [1.54, 1.807) is 18.5 Å². The lowest BCUT2D eigenvalue weighted by molar-refractivity contribution is -0.125. The predicted octanol–water partition coefficient (Wildman–Crippen LogP) is 2.88. The summed E-state index contributed by atoms with van der Waals surface area (Å²) in [5, 5.41) is 3.15. The number of anilines is 1. The van der Waals surface area contributed by atoms with Crippen LogP contribution in [0.5, 0.6) is 0 Å². The number of aromatic nitrogens is 2. The number of carbonyl (C=O) groups is 1. The van der Waals surface area contributed by atoms with Crippen molar-refractivity contribution in [3.63, 3.8) is 0 Å². The van der Waals surface area contributed by atoms with Crippen LogP contribution < -0.4 is 10.2 Å². The van der Waals surface area contributed by atoms with Gasteiger partial charge in [-0.1, -0.05) is 29.8 Å². The molecule has 5 nitrogen and oxygen atoms in total. The first-order valence-electron chi connectivity index (χ1n) is 8.52. The summed E-state index contributed by atoms with van der Waals surface area (Å²) in [6.07, 6.45) is 5.38. The molecule has 0 aliphatic carbocycles. The Morgan fingerprint density at radius 3 is 2.67 bits per heavy atom. The molecule has 0 spiro atoms. The highest BCUT2D eigenvalue weighted by Gasteiger charge is 2.27. The van der Waals surface area contributed by atoms with Gasteiger partial charge in [0.25, 0.3) is 0 Å². The molecule has 5 heteroatoms. The molecule has 1 amide bonds. The third kappa shape index (κ3) is 3.91. The summed E-state index contributed by atoms with van der Waals surface area (Å²) in [6, 6.07) is 10.1. The van der Waals surface area contributed by atoms with Crippen LogP contribution in [0.15, 0.2) is 42.7 Å². The van der Waals surface area contributed by atoms with Gasteiger partial charge >= 0.3 is 0 Å². The van der Waals surface area contributed by atoms with E-state index in [4.69, 9.17) is 0 Å². The average Bonchev–Trinajstić information content (AvgIpc) is 2.63. The first-order chi connectivity index (χ1) is 11.6. The minimum absolute atomic E-state index is 0.0152. The van der Waals surface area contributed by atoms with Gasteiger partial charge in [-0.05, 0) is 38.3 Å². The van der Waals surface area contributed by atoms with E-state index >= 15 is 0 Å². The summed E-state index contributed by atoms with van der Waals surface area (Å²) >= 11 is 0. The van der Waals surface area contributed by atoms with Crippen LogP contribution in [0.25, 0.3) is 0 Å². The summed E-state index contributed by atoms with van der Waals surface area (Å²) in [5.41, 5.74) is 2.36. The molecule has 0 bridgehead atoms. The number of amides is 1. The smallest absolute Gasteiger partial charge is 0.225 e. The van der Waals surface area contributed by atoms with Gasteiger partial charge in [0.15, 0.2) is 0 Å². The van der Waals surface area contributed by atoms with Crippen LogP contribution in [0.1, 0.15) is 36.9 Å². The summed E-state index contributed by atoms with van der Waals surface area (Å²) in [7, 11) is 0. The summed E-state index contributed by atoms with van der Waals surface area (Å²) in [6.45, 7) is 5.68. The molecular formula is C19H24N4O. The van der Waals surface area contributed by atoms with Gasteiger partial charge in [-0.15, -0.1) is 0 Å². The number of piperidine rings is 1. The normalized spacial score (nSPS) is 18.9. The fraction of sp³-hybridized carbons (Fsp3) is 0.421. The van der Waals surface area contributed by atoms with E-state index in [2.05, 4.69) is 51.4 Å². The SMILES string of the molecule is Cc1ccc(C(C)NC(=O)C2CCCN(c3ncccn3)C2)cc1. The van der Waals surface area contributed by atoms with Crippen LogP contribution in [-0.2, 0) is 4.79 Å². The van der Waals surface area contributed by atoms with Crippen LogP contribution in [0.2, 0.25) is 0 Å². The Labute approximate surface area is 143 Å². The van der Waals surface area contributed by atoms with Crippen molar-refractivity contribution in [1.29, 1.82) is 0 Å². The van der Waals surface area contributed by atoms with Crippen LogP contribution >= 0.6 is 0 Å². The van der Waals surface area contributed by atoms with Crippen molar-refractivity contribution in [3.8, 4) is 0 Å². The van der Waals surface area contributed by atoms with Crippen LogP contribution in [0, 0.1) is 12.8 Å². The molecule has 3 rings (SSSR count). The van der Waals surface area contributed by atoms with Gasteiger partial charge in [0, 0.05) is 25.5 Å². The van der Waals surface area contributed by atoms with Gasteiger partial charge in [0.1, 0.15) is 0 Å². The highest BCUT2D eigenvalue weighted by molar-refractivity contribution is 5.80. The summed E-state index contributed by atoms with van der Waals surface area (Å²) < 4.78 is 0. The van der Waals surface area contributed by atoms with Crippen molar-refractivity contribution < 1.29 is 4.79 Å². The van der Waals surface area contributed by atoms with Crippen LogP contribution in [0.4, 0.5) is 5.95 Å². The number of aryl methyl sites for hydroxylation is 1. The Kier molecular flexibility index (Phi) is 5.08. The molecule has 0 saturated carbocycles. The minimum atomic E-state index is -0.0181. The predicted molar refractivity (Wildman–Crippen MR) is 94.7 cm³/mol. The lowest BCUT2D eigenvalue weighted by Gasteiger charge is -2.32. The number of rotatable bonds is 4. The van der Waals surface area contributed by atoms with E-state index in [0.717, 1.165) is 24.9 Å². The third-order valence-corrected chi connectivity index (χ3v) is 4.56. The molecule has 24 heavy (non-hydrogen) atoms. The number of carbonyl (C=O) groups excluding carboxylic acids is 1. The van der Waals surface area contributed by atoms with Crippen molar-refractivity contribution in [2.75, 3.05) is 18.0 Å². The van der Waals surface area contributed by atoms with Gasteiger partial charge in [-0.25, -0.2) is 9.97 Å². The summed E-state index contributed by atoms with van der Waals surface area (Å²) in [5.74, 6) is 0.806. The second-order valence-electron chi connectivity index (χ2n) is 6.47. The van der Waals surface area contributed by atoms with Crippen LogP contribution in [0.3, 0.4) is 0 Å². The Morgan fingerprint density at radius 2 is 1.96 bits per heavy atom. The second-order valence-corrected chi connectivity index (χ2v) is 6.47. The Hall–Kier alpha value is -2.43. The maximum Gasteiger partial charge on any atom is 0.225 e. The van der Waals surface area contributed by atoms with Crippen molar-refractivity contribution in [3.05, 3.63) is 53.9 Å². The fourth-order valence-corrected chi connectivity index (χ4v) is 3.10. The summed E-state index contributed by atoms with van der Waals surface area (Å²) in [4.78, 5) is 23.3. The van der Waals surface area contributed by atoms with E-state index in [9.17, 15) is 4.79 Å². The van der Waals surface area contributed by atoms with Crippen molar-refractivity contribution in [2.45, 2.75) is 32.7 Å². The zero-order valence-electron chi connectivity index (χ0n) is 14.3. The Bertz CT molecular complexity index is 672. The molecule has 1 N–H and O–H groups in total. The molecule has 2 unspecified atom stereocenters. The molecular weight excluding hydrogens is 300 g/mol. The van der Waals surface area contributed by atoms with Crippen molar-refractivity contribution in [1.82, 2.24) is 15.3 Å². The third-order valence-electron chi connectivity index (χ3n) is 4.56. The maximum absolute atomic E-state index is 12.6. The largest absolute Gasteiger partial charge is 0.349 e. The first-order valence-corrected chi connectivity index (χ1v) is 8.52. The Morgan fingerprint density at radius 1 is 1.25 bits per heavy atom. The first kappa shape index (κ1) is 16.4. The average molecular weight is 324 g/mol. The number of benzene rings is 1. The minimum Gasteiger partial charge on any atom is -0.349 e. The van der Waals surface area contributed by atoms with Crippen molar-refractivity contribution in [2.24, 2.45) is 5.92 Å². The van der Waals surface area contributed by atoms with Gasteiger partial charge in [-0.3, -0.25) is 4.79 Å². The molecule has 2 atom stereocenters. The van der Waals surface area contributed by atoms with Gasteiger partial charge in [-0.2, -0.15) is 0 Å². The van der Waals surface area contributed by atoms with Gasteiger partial charge < -0.3 is 10.2 Å². The highest BCUT2D eigenvalue weighted by atomic mass is 16.2. The number of nitrogens with one attached hydrogen (secondary N) is 1. The number of hydrogen-bond donors (Lipinski definition) is 1. The van der Waals surface area contributed by atoms with Crippen LogP contribution in [-0.4, -0.2) is 29.0 Å². The number of nitrogens with zero attached hydrogens (tertiary/aromatic N) is 3. The molecule has 126 valence electrons. The molecule has 1 aliphatic heterocycles. The van der Waals surface area contributed by atoms with Gasteiger partial charge in [0.2, 0.25) is 11.9 Å². The standard InChI is InChI=1S/C19H24N4O/c1-14-6-8-16(9-7-14)15(2)22-18(24)17-5-3-12-23(13-17)19-20-10-4-11-21-19/h4,6-11,15,17H,3,5,12-13H2,1-2H3,(H,22,24). The number of hydrogen-bond acceptors (Lipinski definition) is 4. The molecule has 0 radical (unpaired) electrons. The van der Waals surface area contributed by atoms with E-state index in [-0.39, 0.29) is 17.9 Å². The zero-order valence-corrected chi connectivity index (χ0v) is 14.3. The molecule has 1 fully saturated rings. The molecule has 2 heterocycles. The van der Waals surface area contributed by atoms with E-state index < -0.39 is 0 Å². The fourth-order valence-electron chi connectivity index (χ4n) is 3.10. The molecule has 1 aliphatic rings. The molecule has 2 aromatic rings. The lowest BCUT2D eigenvalue weighted by atomic mass is 9.96. The zero-order chi connectivity index (χ0) is 16.9. The maximum atomic E-state index is 12.6. The quantitative estimate of drug-likeness (QED) is 0.939. The van der Waals surface area contributed by atoms with E-state index in [1.165, 1.54) is 5.56 Å². The second kappa shape index (κ2) is 7.43. The van der Waals surface area contributed by atoms with Crippen molar-refractivity contribution >= 4 is 11.9 Å². The molecule has 1 aromatic carbocycles. The molecule has 1 saturated heterocycles. The topological polar surface area (TPSA) is 58.1 Å². The van der Waals surface area contributed by atoms with Gasteiger partial charge in [0.05, 0.1) is 12.0 Å². The monoisotopic (exact) mass is 324 g/mol. The van der Waals surface area contributed by atoms with E-state index in [1.807, 2.05) is 6.92 Å². The molecule has 1 aromatic heterocycles. The van der Waals surface area contributed by atoms with E-state index in [0.29, 0.717) is 12.5 Å².